The van der Waals surface area contributed by atoms with Crippen LogP contribution < -0.4 is 10.6 Å². The van der Waals surface area contributed by atoms with Crippen LogP contribution in [0.25, 0.3) is 0 Å². The third kappa shape index (κ3) is 3.42. The van der Waals surface area contributed by atoms with Gasteiger partial charge in [0, 0.05) is 26.7 Å². The van der Waals surface area contributed by atoms with Gasteiger partial charge in [0.15, 0.2) is 5.96 Å². The second-order valence-corrected chi connectivity index (χ2v) is 9.07. The Morgan fingerprint density at radius 3 is 2.40 bits per heavy atom. The molecule has 1 aromatic rings. The molecule has 1 aromatic carbocycles. The highest BCUT2D eigenvalue weighted by Crippen LogP contribution is 2.52. The molecular formula is C24H30N4O2. The normalized spacial score (nSPS) is 33.9. The van der Waals surface area contributed by atoms with Gasteiger partial charge in [-0.1, -0.05) is 42.5 Å². The average Bonchev–Trinajstić information content (AvgIpc) is 3.12. The summed E-state index contributed by atoms with van der Waals surface area (Å²) in [7, 11) is 1.77. The van der Waals surface area contributed by atoms with Gasteiger partial charge in [0.2, 0.25) is 11.8 Å². The minimum atomic E-state index is -0.0917. The summed E-state index contributed by atoms with van der Waals surface area (Å²) in [6, 6.07) is 10.7. The van der Waals surface area contributed by atoms with Crippen LogP contribution in [-0.4, -0.2) is 49.4 Å². The molecule has 1 saturated heterocycles. The second kappa shape index (κ2) is 7.89. The molecule has 0 spiro atoms. The van der Waals surface area contributed by atoms with Gasteiger partial charge < -0.3 is 10.6 Å². The molecule has 4 aliphatic rings. The highest BCUT2D eigenvalue weighted by Gasteiger charge is 2.58. The zero-order chi connectivity index (χ0) is 20.7. The van der Waals surface area contributed by atoms with Crippen LogP contribution in [0.2, 0.25) is 0 Å². The van der Waals surface area contributed by atoms with Crippen LogP contribution in [0.1, 0.15) is 30.7 Å². The van der Waals surface area contributed by atoms with Crippen LogP contribution in [0.15, 0.2) is 47.5 Å². The van der Waals surface area contributed by atoms with E-state index in [9.17, 15) is 9.59 Å². The van der Waals surface area contributed by atoms with Gasteiger partial charge in [-0.2, -0.15) is 0 Å². The first-order chi connectivity index (χ1) is 14.7. The number of rotatable bonds is 7. The second-order valence-electron chi connectivity index (χ2n) is 9.07. The quantitative estimate of drug-likeness (QED) is 0.239. The Hall–Kier alpha value is -2.63. The summed E-state index contributed by atoms with van der Waals surface area (Å²) in [6.07, 6.45) is 7.21. The number of carbonyl (C=O) groups is 2. The van der Waals surface area contributed by atoms with Crippen molar-refractivity contribution < 1.29 is 9.59 Å². The zero-order valence-electron chi connectivity index (χ0n) is 17.5. The average molecular weight is 407 g/mol. The number of nitrogens with zero attached hydrogens (tertiary/aromatic N) is 2. The molecule has 0 aromatic heterocycles. The molecule has 6 heteroatoms. The van der Waals surface area contributed by atoms with E-state index in [1.807, 2.05) is 0 Å². The van der Waals surface area contributed by atoms with E-state index in [0.717, 1.165) is 25.3 Å². The highest BCUT2D eigenvalue weighted by atomic mass is 16.2. The SMILES string of the molecule is CN=C(NCCCN1C(=O)C2C3C=CC(C3)C2C1=O)NCC1CC1c1ccccc1. The van der Waals surface area contributed by atoms with Crippen LogP contribution in [-0.2, 0) is 9.59 Å². The molecule has 3 fully saturated rings. The maximum atomic E-state index is 12.7. The minimum absolute atomic E-state index is 0.0463. The molecule has 0 radical (unpaired) electrons. The molecule has 2 N–H and O–H groups in total. The molecule has 30 heavy (non-hydrogen) atoms. The Kier molecular flexibility index (Phi) is 5.09. The van der Waals surface area contributed by atoms with E-state index in [0.29, 0.717) is 24.9 Å². The first-order valence-electron chi connectivity index (χ1n) is 11.2. The first kappa shape index (κ1) is 19.3. The lowest BCUT2D eigenvalue weighted by Gasteiger charge is -2.18. The Bertz CT molecular complexity index is 850. The Balaban J connectivity index is 1.03. The monoisotopic (exact) mass is 406 g/mol. The molecule has 6 unspecified atom stereocenters. The van der Waals surface area contributed by atoms with Crippen LogP contribution in [0.3, 0.4) is 0 Å². The fourth-order valence-corrected chi connectivity index (χ4v) is 5.66. The molecule has 2 amide bonds. The summed E-state index contributed by atoms with van der Waals surface area (Å²) >= 11 is 0. The number of nitrogens with one attached hydrogen (secondary N) is 2. The summed E-state index contributed by atoms with van der Waals surface area (Å²) in [5, 5.41) is 6.73. The Morgan fingerprint density at radius 2 is 1.73 bits per heavy atom. The van der Waals surface area contributed by atoms with E-state index in [1.54, 1.807) is 7.05 Å². The van der Waals surface area contributed by atoms with Crippen molar-refractivity contribution >= 4 is 17.8 Å². The van der Waals surface area contributed by atoms with Crippen LogP contribution >= 0.6 is 0 Å². The van der Waals surface area contributed by atoms with Gasteiger partial charge in [0.25, 0.3) is 0 Å². The third-order valence-corrected chi connectivity index (χ3v) is 7.32. The van der Waals surface area contributed by atoms with Crippen LogP contribution in [0.4, 0.5) is 0 Å². The lowest BCUT2D eigenvalue weighted by Crippen LogP contribution is -2.40. The van der Waals surface area contributed by atoms with E-state index in [4.69, 9.17) is 0 Å². The molecule has 2 bridgehead atoms. The summed E-state index contributed by atoms with van der Waals surface area (Å²) in [4.78, 5) is 31.2. The smallest absolute Gasteiger partial charge is 0.233 e. The van der Waals surface area contributed by atoms with Crippen molar-refractivity contribution in [3.8, 4) is 0 Å². The largest absolute Gasteiger partial charge is 0.356 e. The topological polar surface area (TPSA) is 73.8 Å². The lowest BCUT2D eigenvalue weighted by atomic mass is 9.85. The summed E-state index contributed by atoms with van der Waals surface area (Å²) in [5.74, 6) is 2.55. The maximum absolute atomic E-state index is 12.7. The first-order valence-corrected chi connectivity index (χ1v) is 11.2. The van der Waals surface area contributed by atoms with E-state index in [2.05, 4.69) is 58.1 Å². The number of hydrogen-bond donors (Lipinski definition) is 2. The van der Waals surface area contributed by atoms with E-state index < -0.39 is 0 Å². The minimum Gasteiger partial charge on any atom is -0.356 e. The highest BCUT2D eigenvalue weighted by molar-refractivity contribution is 6.06. The Morgan fingerprint density at radius 1 is 1.03 bits per heavy atom. The summed E-state index contributed by atoms with van der Waals surface area (Å²) < 4.78 is 0. The fraction of sp³-hybridized carbons (Fsp3) is 0.542. The number of allylic oxidation sites excluding steroid dienone is 2. The summed E-state index contributed by atoms with van der Waals surface area (Å²) in [5.41, 5.74) is 1.42. The van der Waals surface area contributed by atoms with Crippen molar-refractivity contribution in [1.82, 2.24) is 15.5 Å². The van der Waals surface area contributed by atoms with Gasteiger partial charge in [0.05, 0.1) is 11.8 Å². The molecule has 2 saturated carbocycles. The van der Waals surface area contributed by atoms with Gasteiger partial charge in [0.1, 0.15) is 0 Å². The van der Waals surface area contributed by atoms with Crippen molar-refractivity contribution in [3.63, 3.8) is 0 Å². The molecular weight excluding hydrogens is 376 g/mol. The van der Waals surface area contributed by atoms with Crippen molar-refractivity contribution in [1.29, 1.82) is 0 Å². The van der Waals surface area contributed by atoms with Gasteiger partial charge in [-0.3, -0.25) is 19.5 Å². The number of guanidine groups is 1. The van der Waals surface area contributed by atoms with Gasteiger partial charge >= 0.3 is 0 Å². The van der Waals surface area contributed by atoms with Crippen molar-refractivity contribution in [2.24, 2.45) is 34.6 Å². The molecule has 1 aliphatic heterocycles. The number of aliphatic imine (C=N–C) groups is 1. The molecule has 5 rings (SSSR count). The zero-order valence-corrected chi connectivity index (χ0v) is 17.5. The number of benzene rings is 1. The van der Waals surface area contributed by atoms with Crippen LogP contribution in [0.5, 0.6) is 0 Å². The molecule has 158 valence electrons. The van der Waals surface area contributed by atoms with Crippen molar-refractivity contribution in [2.75, 3.05) is 26.7 Å². The fourth-order valence-electron chi connectivity index (χ4n) is 5.66. The number of hydrogen-bond acceptors (Lipinski definition) is 3. The lowest BCUT2D eigenvalue weighted by molar-refractivity contribution is -0.140. The van der Waals surface area contributed by atoms with Crippen molar-refractivity contribution in [2.45, 2.75) is 25.2 Å². The number of fused-ring (bicyclic) bond motifs is 5. The van der Waals surface area contributed by atoms with Crippen LogP contribution in [0, 0.1) is 29.6 Å². The maximum Gasteiger partial charge on any atom is 0.233 e. The summed E-state index contributed by atoms with van der Waals surface area (Å²) in [6.45, 7) is 2.08. The number of amides is 2. The van der Waals surface area contributed by atoms with E-state index in [1.165, 1.54) is 16.9 Å². The van der Waals surface area contributed by atoms with Gasteiger partial charge in [-0.25, -0.2) is 0 Å². The molecule has 6 atom stereocenters. The molecule has 6 nitrogen and oxygen atoms in total. The van der Waals surface area contributed by atoms with Gasteiger partial charge in [-0.05, 0) is 48.5 Å². The third-order valence-electron chi connectivity index (χ3n) is 7.32. The van der Waals surface area contributed by atoms with Gasteiger partial charge in [-0.15, -0.1) is 0 Å². The predicted molar refractivity (Wildman–Crippen MR) is 116 cm³/mol. The van der Waals surface area contributed by atoms with E-state index >= 15 is 0 Å². The van der Waals surface area contributed by atoms with E-state index in [-0.39, 0.29) is 35.5 Å². The Labute approximate surface area is 177 Å². The predicted octanol–water partition coefficient (Wildman–Crippen LogP) is 2.15. The standard InChI is InChI=1S/C24H30N4O2/c1-25-24(27-14-18-13-19(18)15-6-3-2-4-7-15)26-10-5-11-28-22(29)20-16-8-9-17(12-16)21(20)23(28)30/h2-4,6-9,16-21H,5,10-14H2,1H3,(H2,25,26,27). The molecule has 3 aliphatic carbocycles. The molecule has 1 heterocycles. The number of likely N-dealkylation sites (tertiary alicyclic amines) is 1. The van der Waals surface area contributed by atoms with Crippen molar-refractivity contribution in [3.05, 3.63) is 48.0 Å². The number of imide groups is 1. The number of carbonyl (C=O) groups excluding carboxylic acids is 2.